The van der Waals surface area contributed by atoms with Gasteiger partial charge in [-0.1, -0.05) is 83.4 Å². The van der Waals surface area contributed by atoms with Crippen molar-refractivity contribution in [2.45, 2.75) is 65.7 Å². The monoisotopic (exact) mass is 336 g/mol. The van der Waals surface area contributed by atoms with Gasteiger partial charge >= 0.3 is 0 Å². The summed E-state index contributed by atoms with van der Waals surface area (Å²) in [6.45, 7) is 8.75. The highest BCUT2D eigenvalue weighted by molar-refractivity contribution is 6.01. The van der Waals surface area contributed by atoms with Gasteiger partial charge < -0.3 is 0 Å². The lowest BCUT2D eigenvalue weighted by Crippen LogP contribution is -2.20. The van der Waals surface area contributed by atoms with Crippen LogP contribution in [-0.4, -0.2) is 5.78 Å². The van der Waals surface area contributed by atoms with Crippen LogP contribution in [0.3, 0.4) is 0 Å². The Morgan fingerprint density at radius 1 is 0.880 bits per heavy atom. The summed E-state index contributed by atoms with van der Waals surface area (Å²) in [4.78, 5) is 13.5. The second-order valence-electron chi connectivity index (χ2n) is 7.18. The van der Waals surface area contributed by atoms with Gasteiger partial charge in [0.05, 0.1) is 0 Å². The highest BCUT2D eigenvalue weighted by Gasteiger charge is 2.27. The maximum atomic E-state index is 13.5. The Bertz CT molecular complexity index is 647. The van der Waals surface area contributed by atoms with Crippen molar-refractivity contribution < 1.29 is 4.79 Å². The Morgan fingerprint density at radius 2 is 1.44 bits per heavy atom. The molecule has 0 saturated carbocycles. The third-order valence-electron chi connectivity index (χ3n) is 5.07. The average molecular weight is 337 g/mol. The van der Waals surface area contributed by atoms with Crippen LogP contribution in [0.5, 0.6) is 0 Å². The van der Waals surface area contributed by atoms with Crippen molar-refractivity contribution >= 4 is 5.78 Å². The second kappa shape index (κ2) is 9.56. The molecule has 0 aliphatic rings. The minimum atomic E-state index is -0.0578. The Labute approximate surface area is 153 Å². The molecule has 2 aromatic rings. The smallest absolute Gasteiger partial charge is 0.170 e. The number of rotatable bonds is 9. The first-order valence-electron chi connectivity index (χ1n) is 9.82. The third-order valence-corrected chi connectivity index (χ3v) is 5.07. The van der Waals surface area contributed by atoms with Crippen molar-refractivity contribution in [1.82, 2.24) is 0 Å². The van der Waals surface area contributed by atoms with Gasteiger partial charge in [-0.05, 0) is 47.6 Å². The van der Waals surface area contributed by atoms with E-state index in [0.29, 0.717) is 5.92 Å². The number of hydrogen-bond donors (Lipinski definition) is 0. The summed E-state index contributed by atoms with van der Waals surface area (Å²) in [5, 5.41) is 0. The molecule has 0 heterocycles. The first kappa shape index (κ1) is 19.4. The number of benzene rings is 2. The van der Waals surface area contributed by atoms with Gasteiger partial charge in [-0.15, -0.1) is 0 Å². The molecule has 0 aliphatic carbocycles. The average Bonchev–Trinajstić information content (AvgIpc) is 2.63. The number of carbonyl (C=O) groups excluding carboxylic acids is 1. The van der Waals surface area contributed by atoms with Gasteiger partial charge in [0.25, 0.3) is 0 Å². The minimum absolute atomic E-state index is 0.0578. The lowest BCUT2D eigenvalue weighted by atomic mass is 9.79. The van der Waals surface area contributed by atoms with Crippen LogP contribution in [0.25, 0.3) is 0 Å². The van der Waals surface area contributed by atoms with Gasteiger partial charge in [-0.3, -0.25) is 4.79 Å². The van der Waals surface area contributed by atoms with E-state index in [1.54, 1.807) is 0 Å². The molecule has 0 spiro atoms. The highest BCUT2D eigenvalue weighted by Crippen LogP contribution is 2.31. The van der Waals surface area contributed by atoms with E-state index in [0.717, 1.165) is 43.2 Å². The fourth-order valence-electron chi connectivity index (χ4n) is 3.58. The number of carbonyl (C=O) groups is 1. The molecule has 2 aromatic carbocycles. The summed E-state index contributed by atoms with van der Waals surface area (Å²) in [5.74, 6) is 0.549. The largest absolute Gasteiger partial charge is 0.293 e. The van der Waals surface area contributed by atoms with Crippen LogP contribution in [0, 0.1) is 5.92 Å². The summed E-state index contributed by atoms with van der Waals surface area (Å²) in [6.07, 6.45) is 5.30. The van der Waals surface area contributed by atoms with Gasteiger partial charge in [0.2, 0.25) is 0 Å². The Morgan fingerprint density at radius 3 is 1.92 bits per heavy atom. The van der Waals surface area contributed by atoms with E-state index in [2.05, 4.69) is 58.0 Å². The van der Waals surface area contributed by atoms with E-state index in [1.165, 1.54) is 11.1 Å². The van der Waals surface area contributed by atoms with E-state index in [-0.39, 0.29) is 11.7 Å². The molecule has 0 bridgehead atoms. The van der Waals surface area contributed by atoms with E-state index in [4.69, 9.17) is 0 Å². The zero-order valence-corrected chi connectivity index (χ0v) is 16.2. The molecule has 1 heteroatoms. The standard InChI is InChI=1S/C24H32O/c1-5-11-19-15-20(12-6-2)17-22(16-19)24(25)23(18(4)7-3)21-13-9-8-10-14-21/h8-10,13-18,23H,5-7,11-12H2,1-4H3. The molecule has 2 atom stereocenters. The first-order chi connectivity index (χ1) is 12.1. The van der Waals surface area contributed by atoms with E-state index < -0.39 is 0 Å². The zero-order chi connectivity index (χ0) is 18.2. The summed E-state index contributed by atoms with van der Waals surface area (Å²) in [6, 6.07) is 16.8. The van der Waals surface area contributed by atoms with Crippen LogP contribution >= 0.6 is 0 Å². The molecule has 0 amide bonds. The maximum Gasteiger partial charge on any atom is 0.170 e. The van der Waals surface area contributed by atoms with Crippen LogP contribution in [0.2, 0.25) is 0 Å². The van der Waals surface area contributed by atoms with Crippen molar-refractivity contribution in [1.29, 1.82) is 0 Å². The lowest BCUT2D eigenvalue weighted by Gasteiger charge is -2.23. The molecule has 0 saturated heterocycles. The first-order valence-corrected chi connectivity index (χ1v) is 9.82. The molecule has 25 heavy (non-hydrogen) atoms. The molecule has 2 unspecified atom stereocenters. The Kier molecular flexibility index (Phi) is 7.43. The molecule has 2 rings (SSSR count). The second-order valence-corrected chi connectivity index (χ2v) is 7.18. The van der Waals surface area contributed by atoms with Gasteiger partial charge in [-0.2, -0.15) is 0 Å². The fraction of sp³-hybridized carbons (Fsp3) is 0.458. The summed E-state index contributed by atoms with van der Waals surface area (Å²) in [7, 11) is 0. The van der Waals surface area contributed by atoms with Gasteiger partial charge in [0.15, 0.2) is 5.78 Å². The van der Waals surface area contributed by atoms with Gasteiger partial charge in [0.1, 0.15) is 0 Å². The predicted octanol–water partition coefficient (Wildman–Crippen LogP) is 6.60. The summed E-state index contributed by atoms with van der Waals surface area (Å²) in [5.41, 5.74) is 4.63. The SMILES string of the molecule is CCCc1cc(CCC)cc(C(=O)C(c2ccccc2)C(C)CC)c1. The molecule has 0 radical (unpaired) electrons. The van der Waals surface area contributed by atoms with Crippen LogP contribution in [-0.2, 0) is 12.8 Å². The van der Waals surface area contributed by atoms with Gasteiger partial charge in [0, 0.05) is 11.5 Å². The van der Waals surface area contributed by atoms with Crippen LogP contribution < -0.4 is 0 Å². The molecule has 0 aliphatic heterocycles. The van der Waals surface area contributed by atoms with Crippen molar-refractivity contribution in [3.63, 3.8) is 0 Å². The van der Waals surface area contributed by atoms with Crippen molar-refractivity contribution in [2.75, 3.05) is 0 Å². The molecule has 0 aromatic heterocycles. The molecule has 1 nitrogen and oxygen atoms in total. The van der Waals surface area contributed by atoms with Crippen LogP contribution in [0.15, 0.2) is 48.5 Å². The summed E-state index contributed by atoms with van der Waals surface area (Å²) >= 11 is 0. The minimum Gasteiger partial charge on any atom is -0.293 e. The molecule has 0 N–H and O–H groups in total. The number of ketones is 1. The Balaban J connectivity index is 2.44. The third kappa shape index (κ3) is 5.04. The molecular weight excluding hydrogens is 304 g/mol. The molecular formula is C24H32O. The van der Waals surface area contributed by atoms with Crippen molar-refractivity contribution in [3.05, 3.63) is 70.8 Å². The van der Waals surface area contributed by atoms with Crippen molar-refractivity contribution in [3.8, 4) is 0 Å². The highest BCUT2D eigenvalue weighted by atomic mass is 16.1. The lowest BCUT2D eigenvalue weighted by molar-refractivity contribution is 0.0932. The topological polar surface area (TPSA) is 17.1 Å². The van der Waals surface area contributed by atoms with Crippen molar-refractivity contribution in [2.24, 2.45) is 5.92 Å². The quantitative estimate of drug-likeness (QED) is 0.471. The molecule has 134 valence electrons. The predicted molar refractivity (Wildman–Crippen MR) is 107 cm³/mol. The van der Waals surface area contributed by atoms with E-state index >= 15 is 0 Å². The van der Waals surface area contributed by atoms with Crippen LogP contribution in [0.4, 0.5) is 0 Å². The van der Waals surface area contributed by atoms with E-state index in [1.807, 2.05) is 18.2 Å². The van der Waals surface area contributed by atoms with E-state index in [9.17, 15) is 4.79 Å². The van der Waals surface area contributed by atoms with Crippen LogP contribution in [0.1, 0.15) is 79.9 Å². The number of aryl methyl sites for hydroxylation is 2. The Hall–Kier alpha value is -1.89. The number of Topliss-reactive ketones (excluding diaryl/α,β-unsaturated/α-hetero) is 1. The molecule has 0 fully saturated rings. The van der Waals surface area contributed by atoms with Gasteiger partial charge in [-0.25, -0.2) is 0 Å². The number of hydrogen-bond acceptors (Lipinski definition) is 1. The fourth-order valence-corrected chi connectivity index (χ4v) is 3.58. The zero-order valence-electron chi connectivity index (χ0n) is 16.2. The summed E-state index contributed by atoms with van der Waals surface area (Å²) < 4.78 is 0. The normalized spacial score (nSPS) is 13.4. The maximum absolute atomic E-state index is 13.5.